The van der Waals surface area contributed by atoms with Gasteiger partial charge in [0, 0.05) is 5.69 Å². The van der Waals surface area contributed by atoms with Gasteiger partial charge in [-0.2, -0.15) is 0 Å². The molecule has 3 nitrogen and oxygen atoms in total. The Balaban J connectivity index is 2.18. The summed E-state index contributed by atoms with van der Waals surface area (Å²) in [6.45, 7) is 2.51. The van der Waals surface area contributed by atoms with Crippen molar-refractivity contribution in [1.82, 2.24) is 0 Å². The summed E-state index contributed by atoms with van der Waals surface area (Å²) in [5, 5.41) is 0. The molecule has 0 aliphatic carbocycles. The summed E-state index contributed by atoms with van der Waals surface area (Å²) in [6, 6.07) is 5.83. The van der Waals surface area contributed by atoms with Crippen molar-refractivity contribution >= 4 is 11.8 Å². The number of amides is 1. The van der Waals surface area contributed by atoms with Crippen molar-refractivity contribution in [2.24, 2.45) is 0 Å². The van der Waals surface area contributed by atoms with Crippen LogP contribution in [0.5, 0.6) is 0 Å². The third kappa shape index (κ3) is 1.93. The van der Waals surface area contributed by atoms with E-state index in [2.05, 4.69) is 0 Å². The second kappa shape index (κ2) is 3.88. The zero-order chi connectivity index (χ0) is 10.8. The normalized spacial score (nSPS) is 20.5. The highest BCUT2D eigenvalue weighted by Gasteiger charge is 2.30. The molecule has 1 heterocycles. The van der Waals surface area contributed by atoms with E-state index in [0.717, 1.165) is 6.42 Å². The standard InChI is InChI=1S/C11H12FNO2/c1-2-10-7-13(11(14)15-10)9-5-3-8(12)4-6-9/h3-6,10H,2,7H2,1H3. The molecule has 0 bridgehead atoms. The lowest BCUT2D eigenvalue weighted by molar-refractivity contribution is 0.139. The van der Waals surface area contributed by atoms with Gasteiger partial charge in [-0.25, -0.2) is 9.18 Å². The minimum atomic E-state index is -0.353. The van der Waals surface area contributed by atoms with Gasteiger partial charge in [-0.1, -0.05) is 6.92 Å². The molecule has 2 rings (SSSR count). The first-order valence-corrected chi connectivity index (χ1v) is 4.94. The average molecular weight is 209 g/mol. The first-order chi connectivity index (χ1) is 7.20. The molecule has 0 aromatic heterocycles. The predicted octanol–water partition coefficient (Wildman–Crippen LogP) is 2.56. The summed E-state index contributed by atoms with van der Waals surface area (Å²) in [7, 11) is 0. The lowest BCUT2D eigenvalue weighted by atomic mass is 10.2. The Bertz CT molecular complexity index is 363. The number of ether oxygens (including phenoxy) is 1. The summed E-state index contributed by atoms with van der Waals surface area (Å²) < 4.78 is 17.8. The highest BCUT2D eigenvalue weighted by Crippen LogP contribution is 2.22. The largest absolute Gasteiger partial charge is 0.444 e. The number of hydrogen-bond acceptors (Lipinski definition) is 2. The van der Waals surface area contributed by atoms with Crippen LogP contribution in [0.2, 0.25) is 0 Å². The van der Waals surface area contributed by atoms with Crippen LogP contribution in [0.3, 0.4) is 0 Å². The van der Waals surface area contributed by atoms with Crippen LogP contribution >= 0.6 is 0 Å². The van der Waals surface area contributed by atoms with E-state index in [1.54, 1.807) is 12.1 Å². The molecule has 0 saturated carbocycles. The lowest BCUT2D eigenvalue weighted by Gasteiger charge is -2.12. The summed E-state index contributed by atoms with van der Waals surface area (Å²) in [6.07, 6.45) is 0.389. The Kier molecular flexibility index (Phi) is 2.58. The van der Waals surface area contributed by atoms with Crippen molar-refractivity contribution in [3.8, 4) is 0 Å². The molecule has 4 heteroatoms. The van der Waals surface area contributed by atoms with Crippen molar-refractivity contribution in [2.45, 2.75) is 19.4 Å². The van der Waals surface area contributed by atoms with Crippen LogP contribution in [-0.4, -0.2) is 18.7 Å². The second-order valence-corrected chi connectivity index (χ2v) is 3.50. The molecule has 1 aliphatic heterocycles. The van der Waals surface area contributed by atoms with Crippen LogP contribution < -0.4 is 4.90 Å². The Morgan fingerprint density at radius 2 is 2.13 bits per heavy atom. The molecule has 80 valence electrons. The molecule has 0 spiro atoms. The van der Waals surface area contributed by atoms with Gasteiger partial charge in [0.05, 0.1) is 6.54 Å². The van der Waals surface area contributed by atoms with Crippen LogP contribution in [0.15, 0.2) is 24.3 Å². The van der Waals surface area contributed by atoms with Crippen molar-refractivity contribution in [3.63, 3.8) is 0 Å². The Morgan fingerprint density at radius 3 is 2.67 bits per heavy atom. The number of benzene rings is 1. The molecule has 1 aromatic rings. The molecule has 0 radical (unpaired) electrons. The van der Waals surface area contributed by atoms with Gasteiger partial charge in [0.1, 0.15) is 11.9 Å². The molecule has 1 aromatic carbocycles. The quantitative estimate of drug-likeness (QED) is 0.749. The molecule has 0 N–H and O–H groups in total. The maximum Gasteiger partial charge on any atom is 0.414 e. The number of anilines is 1. The van der Waals surface area contributed by atoms with E-state index >= 15 is 0 Å². The Morgan fingerprint density at radius 1 is 1.47 bits per heavy atom. The van der Waals surface area contributed by atoms with Crippen LogP contribution in [0.4, 0.5) is 14.9 Å². The lowest BCUT2D eigenvalue weighted by Crippen LogP contribution is -2.24. The number of halogens is 1. The topological polar surface area (TPSA) is 29.5 Å². The van der Waals surface area contributed by atoms with E-state index in [9.17, 15) is 9.18 Å². The van der Waals surface area contributed by atoms with Crippen LogP contribution in [0, 0.1) is 5.82 Å². The van der Waals surface area contributed by atoms with Crippen LogP contribution in [0.1, 0.15) is 13.3 Å². The smallest absolute Gasteiger partial charge is 0.414 e. The molecule has 1 fully saturated rings. The van der Waals surface area contributed by atoms with E-state index in [1.165, 1.54) is 17.0 Å². The van der Waals surface area contributed by atoms with E-state index in [0.29, 0.717) is 12.2 Å². The molecule has 1 aliphatic rings. The molecule has 15 heavy (non-hydrogen) atoms. The minimum Gasteiger partial charge on any atom is -0.444 e. The number of rotatable bonds is 2. The van der Waals surface area contributed by atoms with Crippen LogP contribution in [0.25, 0.3) is 0 Å². The van der Waals surface area contributed by atoms with Gasteiger partial charge in [-0.15, -0.1) is 0 Å². The van der Waals surface area contributed by atoms with Crippen molar-refractivity contribution in [2.75, 3.05) is 11.4 Å². The van der Waals surface area contributed by atoms with Gasteiger partial charge in [0.25, 0.3) is 0 Å². The monoisotopic (exact) mass is 209 g/mol. The third-order valence-corrected chi connectivity index (χ3v) is 2.47. The summed E-state index contributed by atoms with van der Waals surface area (Å²) >= 11 is 0. The van der Waals surface area contributed by atoms with Gasteiger partial charge in [0.2, 0.25) is 0 Å². The van der Waals surface area contributed by atoms with Gasteiger partial charge < -0.3 is 4.74 Å². The van der Waals surface area contributed by atoms with Gasteiger partial charge in [-0.3, -0.25) is 4.90 Å². The zero-order valence-corrected chi connectivity index (χ0v) is 8.44. The van der Waals surface area contributed by atoms with Crippen molar-refractivity contribution < 1.29 is 13.9 Å². The van der Waals surface area contributed by atoms with Crippen molar-refractivity contribution in [3.05, 3.63) is 30.1 Å². The highest BCUT2D eigenvalue weighted by molar-refractivity contribution is 5.89. The number of carbonyl (C=O) groups excluding carboxylic acids is 1. The molecular formula is C11H12FNO2. The van der Waals surface area contributed by atoms with Gasteiger partial charge in [-0.05, 0) is 30.7 Å². The molecular weight excluding hydrogens is 197 g/mol. The number of hydrogen-bond donors (Lipinski definition) is 0. The first kappa shape index (κ1) is 9.96. The van der Waals surface area contributed by atoms with E-state index in [1.807, 2.05) is 6.92 Å². The zero-order valence-electron chi connectivity index (χ0n) is 8.44. The maximum absolute atomic E-state index is 12.7. The van der Waals surface area contributed by atoms with Gasteiger partial charge in [0.15, 0.2) is 0 Å². The molecule has 1 atom stereocenters. The fourth-order valence-corrected chi connectivity index (χ4v) is 1.57. The fourth-order valence-electron chi connectivity index (χ4n) is 1.57. The predicted molar refractivity (Wildman–Crippen MR) is 54.3 cm³/mol. The Labute approximate surface area is 87.5 Å². The van der Waals surface area contributed by atoms with Crippen LogP contribution in [-0.2, 0) is 4.74 Å². The van der Waals surface area contributed by atoms with E-state index in [4.69, 9.17) is 4.74 Å². The van der Waals surface area contributed by atoms with Gasteiger partial charge >= 0.3 is 6.09 Å². The second-order valence-electron chi connectivity index (χ2n) is 3.50. The number of nitrogens with zero attached hydrogens (tertiary/aromatic N) is 1. The fraction of sp³-hybridized carbons (Fsp3) is 0.364. The SMILES string of the molecule is CCC1CN(c2ccc(F)cc2)C(=O)O1. The number of carbonyl (C=O) groups is 1. The number of cyclic esters (lactones) is 1. The maximum atomic E-state index is 12.7. The minimum absolute atomic E-state index is 0.0532. The summed E-state index contributed by atoms with van der Waals surface area (Å²) in [5.74, 6) is -0.307. The summed E-state index contributed by atoms with van der Waals surface area (Å²) in [5.41, 5.74) is 0.678. The van der Waals surface area contributed by atoms with Crippen molar-refractivity contribution in [1.29, 1.82) is 0 Å². The highest BCUT2D eigenvalue weighted by atomic mass is 19.1. The summed E-state index contributed by atoms with van der Waals surface area (Å²) in [4.78, 5) is 13.0. The first-order valence-electron chi connectivity index (χ1n) is 4.94. The third-order valence-electron chi connectivity index (χ3n) is 2.47. The van der Waals surface area contributed by atoms with E-state index < -0.39 is 0 Å². The Hall–Kier alpha value is -1.58. The molecule has 1 saturated heterocycles. The molecule has 1 unspecified atom stereocenters. The van der Waals surface area contributed by atoms with E-state index in [-0.39, 0.29) is 18.0 Å². The average Bonchev–Trinajstić information content (AvgIpc) is 2.61. The molecule has 1 amide bonds.